The van der Waals surface area contributed by atoms with E-state index in [1.165, 1.54) is 4.68 Å². The van der Waals surface area contributed by atoms with E-state index < -0.39 is 0 Å². The second-order valence-corrected chi connectivity index (χ2v) is 5.79. The van der Waals surface area contributed by atoms with Crippen molar-refractivity contribution < 1.29 is 0 Å². The van der Waals surface area contributed by atoms with E-state index >= 15 is 0 Å². The Morgan fingerprint density at radius 3 is 2.20 bits per heavy atom. The Hall–Kier alpha value is -1.41. The van der Waals surface area contributed by atoms with Crippen LogP contribution < -0.4 is 5.73 Å². The summed E-state index contributed by atoms with van der Waals surface area (Å²) in [6.07, 6.45) is 0. The molecule has 0 amide bonds. The highest BCUT2D eigenvalue weighted by atomic mass is 35.5. The lowest BCUT2D eigenvalue weighted by atomic mass is 10.1. The van der Waals surface area contributed by atoms with Crippen molar-refractivity contribution in [1.29, 1.82) is 5.26 Å². The van der Waals surface area contributed by atoms with Crippen LogP contribution in [0.1, 0.15) is 31.0 Å². The molecule has 0 aliphatic heterocycles. The third kappa shape index (κ3) is 2.45. The Kier molecular flexibility index (Phi) is 4.14. The average Bonchev–Trinajstić information content (AvgIpc) is 2.65. The predicted molar refractivity (Wildman–Crippen MR) is 81.8 cm³/mol. The number of aromatic nitrogens is 2. The summed E-state index contributed by atoms with van der Waals surface area (Å²) in [6, 6.07) is 5.16. The van der Waals surface area contributed by atoms with E-state index in [0.717, 1.165) is 0 Å². The first-order valence-electron chi connectivity index (χ1n) is 5.80. The molecule has 7 heteroatoms. The lowest BCUT2D eigenvalue weighted by molar-refractivity contribution is 0.770. The molecule has 2 N–H and O–H groups in total. The number of nitriles is 1. The molecule has 20 heavy (non-hydrogen) atoms. The van der Waals surface area contributed by atoms with Gasteiger partial charge in [0.1, 0.15) is 23.1 Å². The maximum absolute atomic E-state index is 9.22. The molecule has 2 rings (SSSR count). The zero-order valence-corrected chi connectivity index (χ0v) is 13.1. The number of benzene rings is 1. The number of nitrogens with two attached hydrogens (primary N) is 1. The van der Waals surface area contributed by atoms with E-state index in [1.54, 1.807) is 12.1 Å². The van der Waals surface area contributed by atoms with Gasteiger partial charge in [-0.05, 0) is 18.1 Å². The van der Waals surface area contributed by atoms with Crippen LogP contribution in [0, 0.1) is 11.3 Å². The third-order valence-corrected chi connectivity index (χ3v) is 3.59. The molecule has 0 aliphatic carbocycles. The Labute approximate surface area is 131 Å². The molecule has 0 fully saturated rings. The van der Waals surface area contributed by atoms with Gasteiger partial charge in [0, 0.05) is 5.02 Å². The number of nitrogen functional groups attached to an aromatic ring is 1. The van der Waals surface area contributed by atoms with Crippen molar-refractivity contribution in [3.05, 3.63) is 38.5 Å². The first-order valence-corrected chi connectivity index (χ1v) is 6.93. The van der Waals surface area contributed by atoms with Crippen molar-refractivity contribution in [2.24, 2.45) is 0 Å². The fraction of sp³-hybridized carbons (Fsp3) is 0.231. The Balaban J connectivity index is 2.75. The lowest BCUT2D eigenvalue weighted by Crippen LogP contribution is -2.04. The van der Waals surface area contributed by atoms with Gasteiger partial charge in [0.05, 0.1) is 15.7 Å². The van der Waals surface area contributed by atoms with Crippen LogP contribution in [0.2, 0.25) is 15.1 Å². The largest absolute Gasteiger partial charge is 0.382 e. The summed E-state index contributed by atoms with van der Waals surface area (Å²) in [5.41, 5.74) is 7.34. The van der Waals surface area contributed by atoms with Crippen LogP contribution >= 0.6 is 34.8 Å². The summed E-state index contributed by atoms with van der Waals surface area (Å²) < 4.78 is 1.38. The molecule has 1 heterocycles. The van der Waals surface area contributed by atoms with Gasteiger partial charge in [0.2, 0.25) is 0 Å². The molecule has 0 saturated heterocycles. The molecule has 4 nitrogen and oxygen atoms in total. The molecule has 0 bridgehead atoms. The molecule has 0 spiro atoms. The molecule has 2 aromatic rings. The van der Waals surface area contributed by atoms with Crippen molar-refractivity contribution in [3.63, 3.8) is 0 Å². The topological polar surface area (TPSA) is 67.6 Å². The summed E-state index contributed by atoms with van der Waals surface area (Å²) in [4.78, 5) is 0. The van der Waals surface area contributed by atoms with Gasteiger partial charge < -0.3 is 5.73 Å². The SMILES string of the molecule is CC(C)c1nn(-c2c(Cl)cc(Cl)cc2Cl)c(N)c1C#N. The van der Waals surface area contributed by atoms with Gasteiger partial charge in [-0.15, -0.1) is 0 Å². The summed E-state index contributed by atoms with van der Waals surface area (Å²) in [7, 11) is 0. The minimum Gasteiger partial charge on any atom is -0.382 e. The molecule has 1 aromatic heterocycles. The Morgan fingerprint density at radius 2 is 1.80 bits per heavy atom. The Morgan fingerprint density at radius 1 is 1.25 bits per heavy atom. The van der Waals surface area contributed by atoms with Gasteiger partial charge in [0.15, 0.2) is 0 Å². The zero-order chi connectivity index (χ0) is 15.0. The van der Waals surface area contributed by atoms with Crippen molar-refractivity contribution >= 4 is 40.6 Å². The quantitative estimate of drug-likeness (QED) is 0.887. The summed E-state index contributed by atoms with van der Waals surface area (Å²) >= 11 is 18.2. The van der Waals surface area contributed by atoms with Crippen LogP contribution in [-0.2, 0) is 0 Å². The standard InChI is InChI=1S/C13H11Cl3N4/c1-6(2)11-8(5-17)13(18)20(19-11)12-9(15)3-7(14)4-10(12)16/h3-4,6H,18H2,1-2H3. The maximum atomic E-state index is 9.22. The summed E-state index contributed by atoms with van der Waals surface area (Å²) in [6.45, 7) is 3.86. The second-order valence-electron chi connectivity index (χ2n) is 4.54. The van der Waals surface area contributed by atoms with E-state index in [4.69, 9.17) is 40.5 Å². The number of nitrogens with zero attached hydrogens (tertiary/aromatic N) is 3. The van der Waals surface area contributed by atoms with Gasteiger partial charge in [-0.1, -0.05) is 48.7 Å². The average molecular weight is 330 g/mol. The van der Waals surface area contributed by atoms with Crippen LogP contribution in [0.15, 0.2) is 12.1 Å². The zero-order valence-electron chi connectivity index (χ0n) is 10.8. The van der Waals surface area contributed by atoms with E-state index in [2.05, 4.69) is 11.2 Å². The van der Waals surface area contributed by atoms with Gasteiger partial charge in [-0.3, -0.25) is 0 Å². The molecule has 1 aromatic carbocycles. The highest BCUT2D eigenvalue weighted by Gasteiger charge is 2.21. The number of hydrogen-bond donors (Lipinski definition) is 1. The van der Waals surface area contributed by atoms with E-state index in [1.807, 2.05) is 13.8 Å². The van der Waals surface area contributed by atoms with Crippen LogP contribution in [0.5, 0.6) is 0 Å². The van der Waals surface area contributed by atoms with Crippen LogP contribution in [0.3, 0.4) is 0 Å². The van der Waals surface area contributed by atoms with E-state index in [0.29, 0.717) is 32.0 Å². The van der Waals surface area contributed by atoms with Crippen LogP contribution in [-0.4, -0.2) is 9.78 Å². The minimum absolute atomic E-state index is 0.0538. The number of rotatable bonds is 2. The smallest absolute Gasteiger partial charge is 0.145 e. The van der Waals surface area contributed by atoms with E-state index in [9.17, 15) is 5.26 Å². The van der Waals surface area contributed by atoms with Gasteiger partial charge in [-0.25, -0.2) is 4.68 Å². The molecule has 0 unspecified atom stereocenters. The molecule has 0 atom stereocenters. The molecule has 104 valence electrons. The van der Waals surface area contributed by atoms with Crippen LogP contribution in [0.25, 0.3) is 5.69 Å². The highest BCUT2D eigenvalue weighted by molar-refractivity contribution is 6.40. The maximum Gasteiger partial charge on any atom is 0.145 e. The number of hydrogen-bond acceptors (Lipinski definition) is 3. The van der Waals surface area contributed by atoms with Gasteiger partial charge in [-0.2, -0.15) is 10.4 Å². The third-order valence-electron chi connectivity index (χ3n) is 2.80. The number of anilines is 1. The predicted octanol–water partition coefficient (Wildman–Crippen LogP) is 4.41. The first kappa shape index (κ1) is 15.0. The van der Waals surface area contributed by atoms with Crippen molar-refractivity contribution in [1.82, 2.24) is 9.78 Å². The monoisotopic (exact) mass is 328 g/mol. The molecular weight excluding hydrogens is 319 g/mol. The normalized spacial score (nSPS) is 10.8. The summed E-state index contributed by atoms with van der Waals surface area (Å²) in [5, 5.41) is 14.6. The highest BCUT2D eigenvalue weighted by Crippen LogP contribution is 2.35. The van der Waals surface area contributed by atoms with Crippen LogP contribution in [0.4, 0.5) is 5.82 Å². The van der Waals surface area contributed by atoms with Crippen molar-refractivity contribution in [2.75, 3.05) is 5.73 Å². The lowest BCUT2D eigenvalue weighted by Gasteiger charge is -2.09. The first-order chi connectivity index (χ1) is 9.36. The molecule has 0 radical (unpaired) electrons. The molecule has 0 aliphatic rings. The van der Waals surface area contributed by atoms with Gasteiger partial charge >= 0.3 is 0 Å². The van der Waals surface area contributed by atoms with Gasteiger partial charge in [0.25, 0.3) is 0 Å². The molecule has 0 saturated carbocycles. The second kappa shape index (κ2) is 5.53. The van der Waals surface area contributed by atoms with E-state index in [-0.39, 0.29) is 11.7 Å². The Bertz CT molecular complexity index is 690. The van der Waals surface area contributed by atoms with Crippen molar-refractivity contribution in [3.8, 4) is 11.8 Å². The fourth-order valence-electron chi connectivity index (χ4n) is 1.87. The fourth-order valence-corrected chi connectivity index (χ4v) is 2.85. The van der Waals surface area contributed by atoms with Crippen molar-refractivity contribution in [2.45, 2.75) is 19.8 Å². The number of halogens is 3. The minimum atomic E-state index is 0.0538. The summed E-state index contributed by atoms with van der Waals surface area (Å²) in [5.74, 6) is 0.264. The molecular formula is C13H11Cl3N4.